The van der Waals surface area contributed by atoms with Crippen LogP contribution in [-0.4, -0.2) is 39.7 Å². The van der Waals surface area contributed by atoms with Gasteiger partial charge < -0.3 is 14.4 Å². The highest BCUT2D eigenvalue weighted by Crippen LogP contribution is 2.36. The zero-order chi connectivity index (χ0) is 22.0. The molecular formula is C25H29BrN2O3. The normalized spacial score (nSPS) is 17.2. The third kappa shape index (κ3) is 4.51. The van der Waals surface area contributed by atoms with Crippen LogP contribution >= 0.6 is 15.9 Å². The van der Waals surface area contributed by atoms with Gasteiger partial charge in [-0.25, -0.2) is 4.79 Å². The number of phenolic OH excluding ortho intramolecular Hbond substituents is 1. The number of piperidine rings is 1. The summed E-state index contributed by atoms with van der Waals surface area (Å²) in [4.78, 5) is 15.6. The summed E-state index contributed by atoms with van der Waals surface area (Å²) in [5, 5.41) is 11.1. The number of hydrogen-bond donors (Lipinski definition) is 1. The molecule has 0 radical (unpaired) electrons. The first-order chi connectivity index (χ1) is 15.0. The van der Waals surface area contributed by atoms with Crippen LogP contribution in [0.25, 0.3) is 10.9 Å². The van der Waals surface area contributed by atoms with E-state index in [9.17, 15) is 9.90 Å². The van der Waals surface area contributed by atoms with Crippen molar-refractivity contribution in [2.45, 2.75) is 52.2 Å². The Hall–Kier alpha value is -2.31. The third-order valence-electron chi connectivity index (χ3n) is 6.20. The van der Waals surface area contributed by atoms with Gasteiger partial charge in [0.2, 0.25) is 0 Å². The van der Waals surface area contributed by atoms with E-state index in [0.717, 1.165) is 28.7 Å². The Bertz CT molecular complexity index is 1080. The Morgan fingerprint density at radius 2 is 1.97 bits per heavy atom. The van der Waals surface area contributed by atoms with Gasteiger partial charge >= 0.3 is 5.97 Å². The molecule has 1 aliphatic heterocycles. The van der Waals surface area contributed by atoms with E-state index in [4.69, 9.17) is 4.74 Å². The van der Waals surface area contributed by atoms with Gasteiger partial charge in [-0.15, -0.1) is 0 Å². The first-order valence-electron chi connectivity index (χ1n) is 11.0. The van der Waals surface area contributed by atoms with Gasteiger partial charge in [-0.05, 0) is 66.9 Å². The zero-order valence-corrected chi connectivity index (χ0v) is 19.7. The molecule has 0 spiro atoms. The van der Waals surface area contributed by atoms with Gasteiger partial charge in [0.15, 0.2) is 0 Å². The summed E-state index contributed by atoms with van der Waals surface area (Å²) in [5.41, 5.74) is 3.58. The molecule has 2 heterocycles. The Balaban J connectivity index is 1.92. The summed E-state index contributed by atoms with van der Waals surface area (Å²) >= 11 is 3.46. The largest absolute Gasteiger partial charge is 0.507 e. The number of aromatic hydroxyl groups is 1. The molecule has 164 valence electrons. The second-order valence-electron chi connectivity index (χ2n) is 8.25. The second kappa shape index (κ2) is 9.45. The number of nitrogens with zero attached hydrogens (tertiary/aromatic N) is 2. The van der Waals surface area contributed by atoms with Crippen LogP contribution in [0.15, 0.2) is 46.9 Å². The van der Waals surface area contributed by atoms with Crippen molar-refractivity contribution in [1.29, 1.82) is 0 Å². The lowest BCUT2D eigenvalue weighted by atomic mass is 10.0. The van der Waals surface area contributed by atoms with Gasteiger partial charge in [-0.1, -0.05) is 36.8 Å². The van der Waals surface area contributed by atoms with Crippen molar-refractivity contribution < 1.29 is 14.6 Å². The minimum Gasteiger partial charge on any atom is -0.507 e. The lowest BCUT2D eigenvalue weighted by Gasteiger charge is -2.33. The molecule has 6 heteroatoms. The van der Waals surface area contributed by atoms with Crippen molar-refractivity contribution in [1.82, 2.24) is 9.47 Å². The fourth-order valence-electron chi connectivity index (χ4n) is 4.54. The van der Waals surface area contributed by atoms with E-state index in [-0.39, 0.29) is 11.7 Å². The van der Waals surface area contributed by atoms with Crippen LogP contribution < -0.4 is 0 Å². The lowest BCUT2D eigenvalue weighted by Crippen LogP contribution is -2.37. The Kier molecular flexibility index (Phi) is 6.68. The molecule has 1 N–H and O–H groups in total. The number of likely N-dealkylation sites (tertiary alicyclic amines) is 1. The standard InChI is InChI=1S/C25H29BrN2O3/c1-3-31-25(30)24-19-13-23(29)20(26)14-21(19)28(15-18-10-5-4-6-11-18)22(24)16-27-12-8-7-9-17(27)2/h4-6,10-11,13-14,17,29H,3,7-9,12,15-16H2,1-2H3. The summed E-state index contributed by atoms with van der Waals surface area (Å²) in [6.07, 6.45) is 3.58. The van der Waals surface area contributed by atoms with Crippen LogP contribution in [0, 0.1) is 0 Å². The fraction of sp³-hybridized carbons (Fsp3) is 0.400. The van der Waals surface area contributed by atoms with Crippen LogP contribution in [0.2, 0.25) is 0 Å². The van der Waals surface area contributed by atoms with Crippen LogP contribution in [-0.2, 0) is 17.8 Å². The Morgan fingerprint density at radius 1 is 1.19 bits per heavy atom. The molecule has 0 saturated carbocycles. The van der Waals surface area contributed by atoms with Gasteiger partial charge in [-0.2, -0.15) is 0 Å². The van der Waals surface area contributed by atoms with Gasteiger partial charge in [0.05, 0.1) is 22.2 Å². The van der Waals surface area contributed by atoms with Crippen molar-refractivity contribution in [3.63, 3.8) is 0 Å². The number of ether oxygens (including phenoxy) is 1. The predicted octanol–water partition coefficient (Wildman–Crippen LogP) is 5.71. The average Bonchev–Trinajstić information content (AvgIpc) is 3.03. The van der Waals surface area contributed by atoms with Crippen molar-refractivity contribution >= 4 is 32.8 Å². The summed E-state index contributed by atoms with van der Waals surface area (Å²) < 4.78 is 8.28. The van der Waals surface area contributed by atoms with Gasteiger partial charge in [0, 0.05) is 30.2 Å². The van der Waals surface area contributed by atoms with E-state index in [2.05, 4.69) is 44.5 Å². The SMILES string of the molecule is CCOC(=O)c1c(CN2CCCCC2C)n(Cc2ccccc2)c2cc(Br)c(O)cc12. The molecule has 0 aliphatic carbocycles. The highest BCUT2D eigenvalue weighted by Gasteiger charge is 2.28. The summed E-state index contributed by atoms with van der Waals surface area (Å²) in [7, 11) is 0. The molecule has 1 fully saturated rings. The molecule has 31 heavy (non-hydrogen) atoms. The topological polar surface area (TPSA) is 54.7 Å². The van der Waals surface area contributed by atoms with E-state index < -0.39 is 0 Å². The van der Waals surface area contributed by atoms with E-state index in [1.54, 1.807) is 6.07 Å². The maximum absolute atomic E-state index is 13.1. The zero-order valence-electron chi connectivity index (χ0n) is 18.1. The highest BCUT2D eigenvalue weighted by molar-refractivity contribution is 9.10. The van der Waals surface area contributed by atoms with Crippen LogP contribution in [0.3, 0.4) is 0 Å². The summed E-state index contributed by atoms with van der Waals surface area (Å²) in [5.74, 6) is -0.214. The van der Waals surface area contributed by atoms with Gasteiger partial charge in [0.25, 0.3) is 0 Å². The molecule has 1 atom stereocenters. The van der Waals surface area contributed by atoms with E-state index in [1.807, 2.05) is 31.2 Å². The molecule has 1 aliphatic rings. The van der Waals surface area contributed by atoms with Gasteiger partial charge in [-0.3, -0.25) is 4.90 Å². The average molecular weight is 485 g/mol. The Morgan fingerprint density at radius 3 is 2.68 bits per heavy atom. The lowest BCUT2D eigenvalue weighted by molar-refractivity contribution is 0.0524. The molecule has 1 aromatic heterocycles. The molecule has 4 rings (SSSR count). The molecule has 0 bridgehead atoms. The van der Waals surface area contributed by atoms with Crippen LogP contribution in [0.1, 0.15) is 54.7 Å². The first kappa shape index (κ1) is 21.9. The van der Waals surface area contributed by atoms with Crippen LogP contribution in [0.4, 0.5) is 0 Å². The maximum Gasteiger partial charge on any atom is 0.340 e. The van der Waals surface area contributed by atoms with Crippen molar-refractivity contribution in [2.24, 2.45) is 0 Å². The number of esters is 1. The number of fused-ring (bicyclic) bond motifs is 1. The maximum atomic E-state index is 13.1. The number of rotatable bonds is 6. The smallest absolute Gasteiger partial charge is 0.340 e. The number of carbonyl (C=O) groups excluding carboxylic acids is 1. The monoisotopic (exact) mass is 484 g/mol. The molecule has 0 amide bonds. The molecule has 5 nitrogen and oxygen atoms in total. The number of phenols is 1. The summed E-state index contributed by atoms with van der Waals surface area (Å²) in [6, 6.07) is 14.3. The number of hydrogen-bond acceptors (Lipinski definition) is 4. The number of carbonyl (C=O) groups is 1. The van der Waals surface area contributed by atoms with Crippen molar-refractivity contribution in [2.75, 3.05) is 13.2 Å². The molecular weight excluding hydrogens is 456 g/mol. The Labute approximate surface area is 191 Å². The van der Waals surface area contributed by atoms with Crippen molar-refractivity contribution in [3.8, 4) is 5.75 Å². The molecule has 2 aromatic carbocycles. The summed E-state index contributed by atoms with van der Waals surface area (Å²) in [6.45, 7) is 6.73. The number of halogens is 1. The number of benzene rings is 2. The second-order valence-corrected chi connectivity index (χ2v) is 9.10. The minimum atomic E-state index is -0.333. The van der Waals surface area contributed by atoms with E-state index in [0.29, 0.717) is 35.8 Å². The van der Waals surface area contributed by atoms with E-state index >= 15 is 0 Å². The van der Waals surface area contributed by atoms with Crippen molar-refractivity contribution in [3.05, 3.63) is 63.8 Å². The van der Waals surface area contributed by atoms with Crippen LogP contribution in [0.5, 0.6) is 5.75 Å². The highest BCUT2D eigenvalue weighted by atomic mass is 79.9. The minimum absolute atomic E-state index is 0.118. The van der Waals surface area contributed by atoms with E-state index in [1.165, 1.54) is 19.3 Å². The number of aromatic nitrogens is 1. The molecule has 1 saturated heterocycles. The van der Waals surface area contributed by atoms with Gasteiger partial charge in [0.1, 0.15) is 5.75 Å². The first-order valence-corrected chi connectivity index (χ1v) is 11.8. The molecule has 3 aromatic rings. The fourth-order valence-corrected chi connectivity index (χ4v) is 4.87. The third-order valence-corrected chi connectivity index (χ3v) is 6.83. The quantitative estimate of drug-likeness (QED) is 0.455. The molecule has 1 unspecified atom stereocenters. The predicted molar refractivity (Wildman–Crippen MR) is 127 cm³/mol.